The summed E-state index contributed by atoms with van der Waals surface area (Å²) in [6.07, 6.45) is 1.98. The Morgan fingerprint density at radius 2 is 1.93 bits per heavy atom. The lowest BCUT2D eigenvalue weighted by Gasteiger charge is -2.10. The van der Waals surface area contributed by atoms with Gasteiger partial charge in [0.2, 0.25) is 0 Å². The molecule has 0 spiro atoms. The van der Waals surface area contributed by atoms with Gasteiger partial charge in [-0.05, 0) is 36.6 Å². The normalized spacial score (nSPS) is 10.5. The van der Waals surface area contributed by atoms with E-state index in [1.807, 2.05) is 30.5 Å². The second-order valence-electron chi connectivity index (χ2n) is 5.46. The molecule has 2 aromatic carbocycles. The Labute approximate surface area is 160 Å². The van der Waals surface area contributed by atoms with Crippen LogP contribution in [0.25, 0.3) is 5.69 Å². The van der Waals surface area contributed by atoms with Gasteiger partial charge in [-0.3, -0.25) is 4.79 Å². The van der Waals surface area contributed by atoms with Crippen molar-refractivity contribution in [1.29, 1.82) is 0 Å². The number of methoxy groups -OCH3 is 2. The first-order valence-electron chi connectivity index (χ1n) is 7.96. The summed E-state index contributed by atoms with van der Waals surface area (Å²) in [7, 11) is 3.07. The molecule has 1 aromatic heterocycles. The van der Waals surface area contributed by atoms with Crippen LogP contribution in [-0.2, 0) is 0 Å². The number of rotatable bonds is 6. The molecule has 27 heavy (non-hydrogen) atoms. The molecule has 0 unspecified atom stereocenters. The van der Waals surface area contributed by atoms with Crippen LogP contribution in [0.5, 0.6) is 11.5 Å². The van der Waals surface area contributed by atoms with Crippen LogP contribution in [-0.4, -0.2) is 41.4 Å². The Hall–Kier alpha value is -3.20. The van der Waals surface area contributed by atoms with Crippen LogP contribution >= 0.6 is 11.8 Å². The SMILES string of the molecule is COc1ccc(NC(=O)c2nnn(-c3cccc(SC)c3)c2N)cc1OC. The molecule has 0 saturated heterocycles. The molecular formula is C18H19N5O3S. The van der Waals surface area contributed by atoms with Crippen LogP contribution in [0.15, 0.2) is 47.4 Å². The number of amides is 1. The highest BCUT2D eigenvalue weighted by molar-refractivity contribution is 7.98. The van der Waals surface area contributed by atoms with Crippen molar-refractivity contribution >= 4 is 29.2 Å². The standard InChI is InChI=1S/C18H19N5O3S/c1-25-14-8-7-11(9-15(14)26-2)20-18(24)16-17(19)23(22-21-16)12-5-4-6-13(10-12)27-3/h4-10H,19H2,1-3H3,(H,20,24). The van der Waals surface area contributed by atoms with Crippen molar-refractivity contribution in [1.82, 2.24) is 15.0 Å². The molecule has 3 aromatic rings. The van der Waals surface area contributed by atoms with E-state index in [9.17, 15) is 4.79 Å². The Balaban J connectivity index is 1.85. The van der Waals surface area contributed by atoms with E-state index in [2.05, 4.69) is 15.6 Å². The van der Waals surface area contributed by atoms with E-state index in [-0.39, 0.29) is 11.5 Å². The fraction of sp³-hybridized carbons (Fsp3) is 0.167. The third kappa shape index (κ3) is 3.82. The van der Waals surface area contributed by atoms with Gasteiger partial charge < -0.3 is 20.5 Å². The van der Waals surface area contributed by atoms with Crippen molar-refractivity contribution in [2.24, 2.45) is 0 Å². The monoisotopic (exact) mass is 385 g/mol. The molecule has 3 N–H and O–H groups in total. The number of nitrogens with one attached hydrogen (secondary N) is 1. The summed E-state index contributed by atoms with van der Waals surface area (Å²) in [6.45, 7) is 0. The summed E-state index contributed by atoms with van der Waals surface area (Å²) in [5.41, 5.74) is 7.41. The maximum absolute atomic E-state index is 12.6. The number of nitrogens with zero attached hydrogens (tertiary/aromatic N) is 3. The summed E-state index contributed by atoms with van der Waals surface area (Å²) in [6, 6.07) is 12.7. The smallest absolute Gasteiger partial charge is 0.280 e. The molecule has 1 amide bonds. The molecule has 140 valence electrons. The minimum absolute atomic E-state index is 0.0411. The molecule has 8 nitrogen and oxygen atoms in total. The fourth-order valence-electron chi connectivity index (χ4n) is 2.49. The number of hydrogen-bond donors (Lipinski definition) is 2. The van der Waals surface area contributed by atoms with E-state index in [1.54, 1.807) is 37.1 Å². The van der Waals surface area contributed by atoms with Gasteiger partial charge in [0.05, 0.1) is 19.9 Å². The zero-order chi connectivity index (χ0) is 19.4. The van der Waals surface area contributed by atoms with Crippen LogP contribution in [0.2, 0.25) is 0 Å². The number of benzene rings is 2. The Bertz CT molecular complexity index is 973. The maximum atomic E-state index is 12.6. The van der Waals surface area contributed by atoms with Gasteiger partial charge in [0.25, 0.3) is 5.91 Å². The quantitative estimate of drug-likeness (QED) is 0.629. The van der Waals surface area contributed by atoms with Crippen LogP contribution in [0.1, 0.15) is 10.5 Å². The van der Waals surface area contributed by atoms with Gasteiger partial charge >= 0.3 is 0 Å². The van der Waals surface area contributed by atoms with Crippen LogP contribution < -0.4 is 20.5 Å². The van der Waals surface area contributed by atoms with Gasteiger partial charge in [0.15, 0.2) is 23.0 Å². The molecule has 9 heteroatoms. The molecule has 3 rings (SSSR count). The van der Waals surface area contributed by atoms with E-state index in [0.717, 1.165) is 10.6 Å². The molecule has 0 aliphatic rings. The lowest BCUT2D eigenvalue weighted by molar-refractivity contribution is 0.102. The molecule has 0 aliphatic carbocycles. The zero-order valence-electron chi connectivity index (χ0n) is 15.1. The number of aromatic nitrogens is 3. The molecule has 0 radical (unpaired) electrons. The van der Waals surface area contributed by atoms with Gasteiger partial charge in [-0.1, -0.05) is 11.3 Å². The van der Waals surface area contributed by atoms with Crippen molar-refractivity contribution < 1.29 is 14.3 Å². The fourth-order valence-corrected chi connectivity index (χ4v) is 2.94. The molecule has 1 heterocycles. The first-order chi connectivity index (χ1) is 13.1. The first-order valence-corrected chi connectivity index (χ1v) is 9.18. The molecular weight excluding hydrogens is 366 g/mol. The largest absolute Gasteiger partial charge is 0.493 e. The van der Waals surface area contributed by atoms with Crippen molar-refractivity contribution in [3.05, 3.63) is 48.2 Å². The number of carbonyl (C=O) groups excluding carboxylic acids is 1. The Morgan fingerprint density at radius 3 is 2.63 bits per heavy atom. The summed E-state index contributed by atoms with van der Waals surface area (Å²) in [5, 5.41) is 10.7. The van der Waals surface area contributed by atoms with E-state index < -0.39 is 5.91 Å². The lowest BCUT2D eigenvalue weighted by Crippen LogP contribution is -2.15. The topological polar surface area (TPSA) is 104 Å². The Kier molecular flexibility index (Phi) is 5.51. The van der Waals surface area contributed by atoms with E-state index in [0.29, 0.717) is 17.2 Å². The predicted molar refractivity (Wildman–Crippen MR) is 105 cm³/mol. The number of thioether (sulfide) groups is 1. The number of carbonyl (C=O) groups is 1. The number of nitrogens with two attached hydrogens (primary N) is 1. The summed E-state index contributed by atoms with van der Waals surface area (Å²) >= 11 is 1.60. The highest BCUT2D eigenvalue weighted by atomic mass is 32.2. The lowest BCUT2D eigenvalue weighted by atomic mass is 10.2. The molecule has 0 bridgehead atoms. The van der Waals surface area contributed by atoms with E-state index in [1.165, 1.54) is 11.8 Å². The van der Waals surface area contributed by atoms with Crippen molar-refractivity contribution in [3.63, 3.8) is 0 Å². The van der Waals surface area contributed by atoms with Gasteiger partial charge in [-0.15, -0.1) is 16.9 Å². The average Bonchev–Trinajstić information content (AvgIpc) is 3.09. The van der Waals surface area contributed by atoms with Gasteiger partial charge in [-0.2, -0.15) is 4.68 Å². The third-order valence-electron chi connectivity index (χ3n) is 3.86. The molecule has 0 saturated carbocycles. The van der Waals surface area contributed by atoms with Crippen molar-refractivity contribution in [3.8, 4) is 17.2 Å². The maximum Gasteiger partial charge on any atom is 0.280 e. The van der Waals surface area contributed by atoms with Gasteiger partial charge in [0, 0.05) is 16.6 Å². The van der Waals surface area contributed by atoms with Crippen LogP contribution in [0, 0.1) is 0 Å². The number of hydrogen-bond acceptors (Lipinski definition) is 7. The summed E-state index contributed by atoms with van der Waals surface area (Å²) in [5.74, 6) is 0.758. The van der Waals surface area contributed by atoms with Crippen molar-refractivity contribution in [2.75, 3.05) is 31.5 Å². The minimum atomic E-state index is -0.466. The second kappa shape index (κ2) is 8.00. The number of ether oxygens (including phenoxy) is 2. The number of nitrogen functional groups attached to an aromatic ring is 1. The molecule has 0 aliphatic heterocycles. The van der Waals surface area contributed by atoms with Crippen LogP contribution in [0.4, 0.5) is 11.5 Å². The summed E-state index contributed by atoms with van der Waals surface area (Å²) < 4.78 is 11.9. The highest BCUT2D eigenvalue weighted by Gasteiger charge is 2.19. The minimum Gasteiger partial charge on any atom is -0.493 e. The molecule has 0 fully saturated rings. The Morgan fingerprint density at radius 1 is 1.15 bits per heavy atom. The predicted octanol–water partition coefficient (Wildman–Crippen LogP) is 2.84. The highest BCUT2D eigenvalue weighted by Crippen LogP contribution is 2.30. The van der Waals surface area contributed by atoms with Gasteiger partial charge in [-0.25, -0.2) is 0 Å². The summed E-state index contributed by atoms with van der Waals surface area (Å²) in [4.78, 5) is 13.6. The van der Waals surface area contributed by atoms with Crippen LogP contribution in [0.3, 0.4) is 0 Å². The van der Waals surface area contributed by atoms with E-state index in [4.69, 9.17) is 15.2 Å². The molecule has 0 atom stereocenters. The first kappa shape index (κ1) is 18.6. The average molecular weight is 385 g/mol. The van der Waals surface area contributed by atoms with Crippen molar-refractivity contribution in [2.45, 2.75) is 4.90 Å². The second-order valence-corrected chi connectivity index (χ2v) is 6.34. The third-order valence-corrected chi connectivity index (χ3v) is 4.58. The zero-order valence-corrected chi connectivity index (χ0v) is 15.9. The van der Waals surface area contributed by atoms with Gasteiger partial charge in [0.1, 0.15) is 0 Å². The number of anilines is 2. The van der Waals surface area contributed by atoms with E-state index >= 15 is 0 Å².